The first kappa shape index (κ1) is 22.5. The average molecular weight is 471 g/mol. The van der Waals surface area contributed by atoms with Crippen LogP contribution in [-0.4, -0.2) is 32.5 Å². The first-order valence-electron chi connectivity index (χ1n) is 9.53. The number of thioether (sulfide) groups is 2. The highest BCUT2D eigenvalue weighted by Gasteiger charge is 2.18. The van der Waals surface area contributed by atoms with Crippen LogP contribution in [0.15, 0.2) is 36.0 Å². The van der Waals surface area contributed by atoms with E-state index in [0.29, 0.717) is 34.1 Å². The van der Waals surface area contributed by atoms with E-state index in [4.69, 9.17) is 23.2 Å². The standard InChI is InChI=1S/C20H24Cl2N4OS2/c1-2-9-26-18(12-28-11-14-7-8-15(21)10-17(14)22)24-25-20(26)29-13-19(27)23-16-5-3-4-6-16/h2,7-8,10,16H,1,3-6,9,11-13H2,(H,23,27). The molecule has 0 unspecified atom stereocenters. The fourth-order valence-corrected chi connectivity index (χ4v) is 5.51. The first-order valence-corrected chi connectivity index (χ1v) is 12.4. The van der Waals surface area contributed by atoms with Crippen molar-refractivity contribution >= 4 is 52.6 Å². The maximum atomic E-state index is 12.2. The molecule has 1 fully saturated rings. The number of amides is 1. The number of carbonyl (C=O) groups excluding carboxylic acids is 1. The zero-order chi connectivity index (χ0) is 20.6. The topological polar surface area (TPSA) is 59.8 Å². The van der Waals surface area contributed by atoms with Crippen LogP contribution < -0.4 is 5.32 Å². The molecule has 0 radical (unpaired) electrons. The molecule has 3 rings (SSSR count). The number of hydrogen-bond donors (Lipinski definition) is 1. The van der Waals surface area contributed by atoms with Gasteiger partial charge in [-0.25, -0.2) is 0 Å². The van der Waals surface area contributed by atoms with E-state index in [-0.39, 0.29) is 5.91 Å². The molecule has 1 aromatic heterocycles. The van der Waals surface area contributed by atoms with Crippen LogP contribution in [0.4, 0.5) is 0 Å². The molecule has 5 nitrogen and oxygen atoms in total. The van der Waals surface area contributed by atoms with E-state index in [0.717, 1.165) is 35.1 Å². The molecule has 0 aliphatic heterocycles. The molecule has 0 spiro atoms. The van der Waals surface area contributed by atoms with Crippen molar-refractivity contribution in [2.45, 2.75) is 54.9 Å². The zero-order valence-electron chi connectivity index (χ0n) is 16.1. The van der Waals surface area contributed by atoms with Gasteiger partial charge in [-0.3, -0.25) is 4.79 Å². The molecule has 1 aromatic carbocycles. The van der Waals surface area contributed by atoms with Crippen molar-refractivity contribution in [3.05, 3.63) is 52.3 Å². The molecule has 156 valence electrons. The molecule has 9 heteroatoms. The van der Waals surface area contributed by atoms with Crippen molar-refractivity contribution in [2.24, 2.45) is 0 Å². The molecule has 0 saturated heterocycles. The van der Waals surface area contributed by atoms with Gasteiger partial charge in [-0.2, -0.15) is 0 Å². The molecule has 1 aliphatic rings. The lowest BCUT2D eigenvalue weighted by atomic mass is 10.2. The summed E-state index contributed by atoms with van der Waals surface area (Å²) in [5.41, 5.74) is 1.04. The van der Waals surface area contributed by atoms with Gasteiger partial charge in [-0.1, -0.05) is 59.9 Å². The molecule has 1 N–H and O–H groups in total. The quantitative estimate of drug-likeness (QED) is 0.374. The third-order valence-electron chi connectivity index (χ3n) is 4.66. The predicted octanol–water partition coefficient (Wildman–Crippen LogP) is 5.36. The van der Waals surface area contributed by atoms with Gasteiger partial charge in [0, 0.05) is 28.4 Å². The van der Waals surface area contributed by atoms with Crippen LogP contribution in [0, 0.1) is 0 Å². The number of carbonyl (C=O) groups is 1. The minimum atomic E-state index is 0.0587. The summed E-state index contributed by atoms with van der Waals surface area (Å²) in [4.78, 5) is 12.2. The molecule has 1 heterocycles. The number of nitrogens with one attached hydrogen (secondary N) is 1. The second kappa shape index (κ2) is 11.3. The maximum absolute atomic E-state index is 12.2. The highest BCUT2D eigenvalue weighted by atomic mass is 35.5. The third-order valence-corrected chi connectivity index (χ3v) is 7.19. The summed E-state index contributed by atoms with van der Waals surface area (Å²) in [7, 11) is 0. The van der Waals surface area contributed by atoms with E-state index in [1.165, 1.54) is 24.6 Å². The Morgan fingerprint density at radius 3 is 2.79 bits per heavy atom. The Labute approximate surface area is 190 Å². The summed E-state index contributed by atoms with van der Waals surface area (Å²) in [6.07, 6.45) is 6.39. The van der Waals surface area contributed by atoms with Gasteiger partial charge in [0.05, 0.1) is 11.5 Å². The van der Waals surface area contributed by atoms with Crippen molar-refractivity contribution in [1.29, 1.82) is 0 Å². The van der Waals surface area contributed by atoms with E-state index >= 15 is 0 Å². The number of aromatic nitrogens is 3. The number of rotatable bonds is 10. The average Bonchev–Trinajstić information content (AvgIpc) is 3.33. The Morgan fingerprint density at radius 1 is 1.28 bits per heavy atom. The third kappa shape index (κ3) is 6.67. The van der Waals surface area contributed by atoms with Crippen LogP contribution in [0.5, 0.6) is 0 Å². The minimum absolute atomic E-state index is 0.0587. The molecule has 0 atom stereocenters. The van der Waals surface area contributed by atoms with Crippen LogP contribution >= 0.6 is 46.7 Å². The summed E-state index contributed by atoms with van der Waals surface area (Å²) in [6, 6.07) is 5.87. The predicted molar refractivity (Wildman–Crippen MR) is 123 cm³/mol. The summed E-state index contributed by atoms with van der Waals surface area (Å²) in [5.74, 6) is 2.71. The molecular weight excluding hydrogens is 447 g/mol. The monoisotopic (exact) mass is 470 g/mol. The molecule has 29 heavy (non-hydrogen) atoms. The first-order chi connectivity index (χ1) is 14.1. The van der Waals surface area contributed by atoms with Gasteiger partial charge in [0.25, 0.3) is 0 Å². The number of allylic oxidation sites excluding steroid dienone is 1. The number of benzene rings is 1. The highest BCUT2D eigenvalue weighted by molar-refractivity contribution is 7.99. The molecule has 1 aliphatic carbocycles. The van der Waals surface area contributed by atoms with E-state index in [9.17, 15) is 4.79 Å². The van der Waals surface area contributed by atoms with Gasteiger partial charge in [-0.05, 0) is 30.5 Å². The van der Waals surface area contributed by atoms with Crippen molar-refractivity contribution in [2.75, 3.05) is 5.75 Å². The van der Waals surface area contributed by atoms with Crippen LogP contribution in [0.1, 0.15) is 37.1 Å². The fourth-order valence-electron chi connectivity index (χ4n) is 3.21. The Hall–Kier alpha value is -1.15. The molecular formula is C20H24Cl2N4OS2. The summed E-state index contributed by atoms with van der Waals surface area (Å²) in [5, 5.41) is 13.8. The Morgan fingerprint density at radius 2 is 2.07 bits per heavy atom. The second-order valence-corrected chi connectivity index (χ2v) is 9.64. The van der Waals surface area contributed by atoms with Gasteiger partial charge in [0.2, 0.25) is 5.91 Å². The highest BCUT2D eigenvalue weighted by Crippen LogP contribution is 2.27. The van der Waals surface area contributed by atoms with E-state index in [2.05, 4.69) is 22.1 Å². The lowest BCUT2D eigenvalue weighted by Crippen LogP contribution is -2.33. The summed E-state index contributed by atoms with van der Waals surface area (Å²) < 4.78 is 2.01. The molecule has 1 saturated carbocycles. The lowest BCUT2D eigenvalue weighted by Gasteiger charge is -2.12. The van der Waals surface area contributed by atoms with E-state index in [1.807, 2.05) is 22.8 Å². The number of halogens is 2. The van der Waals surface area contributed by atoms with Crippen molar-refractivity contribution in [3.63, 3.8) is 0 Å². The zero-order valence-corrected chi connectivity index (χ0v) is 19.2. The number of hydrogen-bond acceptors (Lipinski definition) is 5. The SMILES string of the molecule is C=CCn1c(CSCc2ccc(Cl)cc2Cl)nnc1SCC(=O)NC1CCCC1. The van der Waals surface area contributed by atoms with Crippen LogP contribution in [0.25, 0.3) is 0 Å². The van der Waals surface area contributed by atoms with Crippen LogP contribution in [0.2, 0.25) is 10.0 Å². The molecule has 0 bridgehead atoms. The fraction of sp³-hybridized carbons (Fsp3) is 0.450. The van der Waals surface area contributed by atoms with Gasteiger partial charge >= 0.3 is 0 Å². The Bertz CT molecular complexity index is 853. The van der Waals surface area contributed by atoms with Gasteiger partial charge in [0.1, 0.15) is 5.82 Å². The van der Waals surface area contributed by atoms with Gasteiger partial charge in [-0.15, -0.1) is 28.5 Å². The summed E-state index contributed by atoms with van der Waals surface area (Å²) >= 11 is 15.3. The van der Waals surface area contributed by atoms with Crippen molar-refractivity contribution < 1.29 is 4.79 Å². The normalized spacial score (nSPS) is 14.3. The molecule has 2 aromatic rings. The van der Waals surface area contributed by atoms with E-state index in [1.54, 1.807) is 17.8 Å². The largest absolute Gasteiger partial charge is 0.353 e. The Balaban J connectivity index is 1.54. The van der Waals surface area contributed by atoms with Crippen LogP contribution in [0.3, 0.4) is 0 Å². The van der Waals surface area contributed by atoms with Gasteiger partial charge in [0.15, 0.2) is 5.16 Å². The Kier molecular flexibility index (Phi) is 8.78. The van der Waals surface area contributed by atoms with Crippen LogP contribution in [-0.2, 0) is 22.8 Å². The maximum Gasteiger partial charge on any atom is 0.230 e. The minimum Gasteiger partial charge on any atom is -0.353 e. The summed E-state index contributed by atoms with van der Waals surface area (Å²) in [6.45, 7) is 4.44. The second-order valence-electron chi connectivity index (χ2n) is 6.86. The smallest absolute Gasteiger partial charge is 0.230 e. The molecule has 1 amide bonds. The number of nitrogens with zero attached hydrogens (tertiary/aromatic N) is 3. The van der Waals surface area contributed by atoms with Gasteiger partial charge < -0.3 is 9.88 Å². The van der Waals surface area contributed by atoms with E-state index < -0.39 is 0 Å². The van der Waals surface area contributed by atoms with Crippen molar-refractivity contribution in [1.82, 2.24) is 20.1 Å². The lowest BCUT2D eigenvalue weighted by molar-refractivity contribution is -0.119. The van der Waals surface area contributed by atoms with Crippen molar-refractivity contribution in [3.8, 4) is 0 Å².